The number of halogens is 1. The maximum atomic E-state index is 11.1. The number of anilines is 2. The SMILES string of the molecule is CS(=O)(=O)Nc1cccc(NCc2cc(Cl)cs2)c1. The molecule has 2 N–H and O–H groups in total. The molecule has 0 aliphatic carbocycles. The number of rotatable bonds is 5. The molecular formula is C12H13ClN2O2S2. The summed E-state index contributed by atoms with van der Waals surface area (Å²) >= 11 is 7.42. The lowest BCUT2D eigenvalue weighted by Gasteiger charge is -2.08. The smallest absolute Gasteiger partial charge is 0.229 e. The Hall–Kier alpha value is -1.24. The van der Waals surface area contributed by atoms with E-state index in [9.17, 15) is 8.42 Å². The van der Waals surface area contributed by atoms with E-state index >= 15 is 0 Å². The molecule has 0 spiro atoms. The molecule has 0 radical (unpaired) electrons. The van der Waals surface area contributed by atoms with Crippen molar-refractivity contribution in [3.63, 3.8) is 0 Å². The Morgan fingerprint density at radius 1 is 1.26 bits per heavy atom. The van der Waals surface area contributed by atoms with Crippen LogP contribution in [0.25, 0.3) is 0 Å². The predicted octanol–water partition coefficient (Wildman–Crippen LogP) is 3.39. The first-order valence-corrected chi connectivity index (χ1v) is 8.62. The lowest BCUT2D eigenvalue weighted by atomic mass is 10.3. The second-order valence-corrected chi connectivity index (χ2v) is 7.22. The standard InChI is InChI=1S/C12H13ClN2O2S2/c1-19(16,17)15-11-4-2-3-10(6-11)14-7-12-5-9(13)8-18-12/h2-6,8,14-15H,7H2,1H3. The summed E-state index contributed by atoms with van der Waals surface area (Å²) in [5, 5.41) is 5.82. The van der Waals surface area contributed by atoms with Crippen molar-refractivity contribution in [2.75, 3.05) is 16.3 Å². The fraction of sp³-hybridized carbons (Fsp3) is 0.167. The Kier molecular flexibility index (Phi) is 4.34. The molecule has 4 nitrogen and oxygen atoms in total. The van der Waals surface area contributed by atoms with E-state index < -0.39 is 10.0 Å². The number of sulfonamides is 1. The highest BCUT2D eigenvalue weighted by molar-refractivity contribution is 7.92. The van der Waals surface area contributed by atoms with Gasteiger partial charge >= 0.3 is 0 Å². The summed E-state index contributed by atoms with van der Waals surface area (Å²) in [4.78, 5) is 1.12. The first kappa shape index (κ1) is 14.2. The van der Waals surface area contributed by atoms with Gasteiger partial charge in [0, 0.05) is 22.5 Å². The molecule has 1 aromatic carbocycles. The highest BCUT2D eigenvalue weighted by Gasteiger charge is 2.03. The molecule has 0 aliphatic rings. The van der Waals surface area contributed by atoms with Crippen LogP contribution in [0.3, 0.4) is 0 Å². The zero-order valence-corrected chi connectivity index (χ0v) is 12.6. The average molecular weight is 317 g/mol. The molecule has 7 heteroatoms. The summed E-state index contributed by atoms with van der Waals surface area (Å²) in [6, 6.07) is 9.02. The van der Waals surface area contributed by atoms with Gasteiger partial charge < -0.3 is 5.32 Å². The van der Waals surface area contributed by atoms with Gasteiger partial charge in [0.15, 0.2) is 0 Å². The van der Waals surface area contributed by atoms with E-state index in [0.717, 1.165) is 21.8 Å². The van der Waals surface area contributed by atoms with Gasteiger partial charge in [-0.05, 0) is 24.3 Å². The third kappa shape index (κ3) is 4.74. The summed E-state index contributed by atoms with van der Waals surface area (Å²) in [5.74, 6) is 0. The van der Waals surface area contributed by atoms with Crippen molar-refractivity contribution in [3.05, 3.63) is 45.6 Å². The minimum absolute atomic E-state index is 0.539. The average Bonchev–Trinajstić information content (AvgIpc) is 2.71. The number of nitrogens with one attached hydrogen (secondary N) is 2. The van der Waals surface area contributed by atoms with Gasteiger partial charge in [-0.2, -0.15) is 0 Å². The van der Waals surface area contributed by atoms with Gasteiger partial charge in [0.25, 0.3) is 0 Å². The summed E-state index contributed by atoms with van der Waals surface area (Å²) in [6.45, 7) is 0.652. The van der Waals surface area contributed by atoms with Crippen LogP contribution in [0.2, 0.25) is 5.02 Å². The van der Waals surface area contributed by atoms with E-state index in [2.05, 4.69) is 10.0 Å². The van der Waals surface area contributed by atoms with Crippen LogP contribution in [0.1, 0.15) is 4.88 Å². The van der Waals surface area contributed by atoms with Crippen molar-refractivity contribution >= 4 is 44.3 Å². The molecule has 2 aromatic rings. The normalized spacial score (nSPS) is 11.3. The topological polar surface area (TPSA) is 58.2 Å². The Morgan fingerprint density at radius 2 is 2.00 bits per heavy atom. The van der Waals surface area contributed by atoms with Gasteiger partial charge in [-0.1, -0.05) is 17.7 Å². The monoisotopic (exact) mass is 316 g/mol. The molecule has 0 saturated heterocycles. The maximum Gasteiger partial charge on any atom is 0.229 e. The molecular weight excluding hydrogens is 304 g/mol. The summed E-state index contributed by atoms with van der Waals surface area (Å²) < 4.78 is 24.7. The van der Waals surface area contributed by atoms with Crippen LogP contribution >= 0.6 is 22.9 Å². The van der Waals surface area contributed by atoms with Crippen molar-refractivity contribution in [3.8, 4) is 0 Å². The van der Waals surface area contributed by atoms with Crippen molar-refractivity contribution < 1.29 is 8.42 Å². The Labute approximate surface area is 121 Å². The number of benzene rings is 1. The Bertz CT molecular complexity index is 668. The molecule has 1 aromatic heterocycles. The molecule has 102 valence electrons. The largest absolute Gasteiger partial charge is 0.380 e. The Balaban J connectivity index is 2.03. The number of hydrogen-bond donors (Lipinski definition) is 2. The number of thiophene rings is 1. The highest BCUT2D eigenvalue weighted by atomic mass is 35.5. The van der Waals surface area contributed by atoms with E-state index in [1.54, 1.807) is 29.5 Å². The molecule has 0 bridgehead atoms. The number of hydrogen-bond acceptors (Lipinski definition) is 4. The van der Waals surface area contributed by atoms with E-state index in [1.807, 2.05) is 17.5 Å². The zero-order chi connectivity index (χ0) is 13.9. The van der Waals surface area contributed by atoms with E-state index in [4.69, 9.17) is 11.6 Å². The fourth-order valence-corrected chi connectivity index (χ4v) is 3.11. The quantitative estimate of drug-likeness (QED) is 0.889. The molecule has 0 atom stereocenters. The second-order valence-electron chi connectivity index (χ2n) is 4.04. The van der Waals surface area contributed by atoms with Crippen LogP contribution in [0.4, 0.5) is 11.4 Å². The molecule has 0 saturated carbocycles. The highest BCUT2D eigenvalue weighted by Crippen LogP contribution is 2.21. The van der Waals surface area contributed by atoms with Gasteiger partial charge in [0.1, 0.15) is 0 Å². The van der Waals surface area contributed by atoms with Gasteiger partial charge in [-0.3, -0.25) is 4.72 Å². The zero-order valence-electron chi connectivity index (χ0n) is 10.2. The van der Waals surface area contributed by atoms with Crippen molar-refractivity contribution in [1.82, 2.24) is 0 Å². The fourth-order valence-electron chi connectivity index (χ4n) is 1.54. The van der Waals surface area contributed by atoms with Crippen LogP contribution in [0.5, 0.6) is 0 Å². The van der Waals surface area contributed by atoms with Crippen molar-refractivity contribution in [2.45, 2.75) is 6.54 Å². The molecule has 0 unspecified atom stereocenters. The third-order valence-electron chi connectivity index (χ3n) is 2.25. The summed E-state index contributed by atoms with van der Waals surface area (Å²) in [7, 11) is -3.25. The van der Waals surface area contributed by atoms with E-state index in [-0.39, 0.29) is 0 Å². The predicted molar refractivity (Wildman–Crippen MR) is 81.6 cm³/mol. The van der Waals surface area contributed by atoms with Crippen molar-refractivity contribution in [2.24, 2.45) is 0 Å². The lowest BCUT2D eigenvalue weighted by Crippen LogP contribution is -2.09. The van der Waals surface area contributed by atoms with E-state index in [0.29, 0.717) is 12.2 Å². The van der Waals surface area contributed by atoms with Crippen LogP contribution in [-0.2, 0) is 16.6 Å². The van der Waals surface area contributed by atoms with Crippen LogP contribution in [0, 0.1) is 0 Å². The molecule has 19 heavy (non-hydrogen) atoms. The van der Waals surface area contributed by atoms with Crippen LogP contribution in [-0.4, -0.2) is 14.7 Å². The summed E-state index contributed by atoms with van der Waals surface area (Å²) in [6.07, 6.45) is 1.13. The molecule has 0 aliphatic heterocycles. The van der Waals surface area contributed by atoms with Gasteiger partial charge in [-0.25, -0.2) is 8.42 Å². The Morgan fingerprint density at radius 3 is 2.63 bits per heavy atom. The van der Waals surface area contributed by atoms with Crippen LogP contribution in [0.15, 0.2) is 35.7 Å². The molecule has 0 fully saturated rings. The lowest BCUT2D eigenvalue weighted by molar-refractivity contribution is 0.607. The maximum absolute atomic E-state index is 11.1. The van der Waals surface area contributed by atoms with Gasteiger partial charge in [-0.15, -0.1) is 11.3 Å². The molecule has 1 heterocycles. The molecule has 2 rings (SSSR count). The first-order valence-electron chi connectivity index (χ1n) is 5.47. The minimum atomic E-state index is -3.25. The van der Waals surface area contributed by atoms with Crippen molar-refractivity contribution in [1.29, 1.82) is 0 Å². The van der Waals surface area contributed by atoms with E-state index in [1.165, 1.54) is 0 Å². The van der Waals surface area contributed by atoms with Gasteiger partial charge in [0.05, 0.1) is 17.0 Å². The van der Waals surface area contributed by atoms with Gasteiger partial charge in [0.2, 0.25) is 10.0 Å². The summed E-state index contributed by atoms with van der Waals surface area (Å²) in [5.41, 5.74) is 1.38. The van der Waals surface area contributed by atoms with Crippen LogP contribution < -0.4 is 10.0 Å². The first-order chi connectivity index (χ1) is 8.92. The third-order valence-corrected chi connectivity index (χ3v) is 4.15. The molecule has 0 amide bonds. The minimum Gasteiger partial charge on any atom is -0.380 e. The second kappa shape index (κ2) is 5.81.